The van der Waals surface area contributed by atoms with E-state index in [1.54, 1.807) is 18.6 Å². The summed E-state index contributed by atoms with van der Waals surface area (Å²) in [5.41, 5.74) is 2.56. The lowest BCUT2D eigenvalue weighted by Crippen LogP contribution is -2.35. The zero-order valence-corrected chi connectivity index (χ0v) is 15.0. The molecule has 1 aromatic carbocycles. The molecule has 2 amide bonds. The summed E-state index contributed by atoms with van der Waals surface area (Å²) >= 11 is 0. The van der Waals surface area contributed by atoms with E-state index < -0.39 is 0 Å². The molecule has 6 heteroatoms. The summed E-state index contributed by atoms with van der Waals surface area (Å²) in [7, 11) is 0. The maximum atomic E-state index is 12.7. The highest BCUT2D eigenvalue weighted by molar-refractivity contribution is 6.06. The van der Waals surface area contributed by atoms with Crippen molar-refractivity contribution in [1.82, 2.24) is 20.2 Å². The summed E-state index contributed by atoms with van der Waals surface area (Å²) in [6, 6.07) is 11.9. The largest absolute Gasteiger partial charge is 0.360 e. The lowest BCUT2D eigenvalue weighted by molar-refractivity contribution is -0.132. The van der Waals surface area contributed by atoms with Crippen LogP contribution in [0.25, 0.3) is 10.9 Å². The van der Waals surface area contributed by atoms with E-state index in [2.05, 4.69) is 15.3 Å². The van der Waals surface area contributed by atoms with Crippen LogP contribution in [0.5, 0.6) is 0 Å². The lowest BCUT2D eigenvalue weighted by Gasteiger charge is -2.22. The Morgan fingerprint density at radius 1 is 1.19 bits per heavy atom. The van der Waals surface area contributed by atoms with Crippen LogP contribution in [0.15, 0.2) is 55.0 Å². The Morgan fingerprint density at radius 3 is 2.81 bits per heavy atom. The molecule has 1 saturated carbocycles. The number of nitrogens with zero attached hydrogens (tertiary/aromatic N) is 2. The number of aromatic nitrogens is 2. The molecule has 0 unspecified atom stereocenters. The number of fused-ring (bicyclic) bond motifs is 1. The number of H-pyrrole nitrogens is 1. The van der Waals surface area contributed by atoms with Gasteiger partial charge in [-0.25, -0.2) is 0 Å². The van der Waals surface area contributed by atoms with Crippen molar-refractivity contribution in [1.29, 1.82) is 0 Å². The summed E-state index contributed by atoms with van der Waals surface area (Å²) in [4.78, 5) is 34.2. The van der Waals surface area contributed by atoms with Crippen LogP contribution < -0.4 is 5.32 Å². The molecule has 0 bridgehead atoms. The Bertz CT molecular complexity index is 947. The van der Waals surface area contributed by atoms with Gasteiger partial charge in [0.05, 0.1) is 5.56 Å². The Kier molecular flexibility index (Phi) is 4.87. The van der Waals surface area contributed by atoms with E-state index in [-0.39, 0.29) is 11.8 Å². The first-order chi connectivity index (χ1) is 13.2. The van der Waals surface area contributed by atoms with E-state index in [0.717, 1.165) is 29.3 Å². The van der Waals surface area contributed by atoms with Gasteiger partial charge in [-0.3, -0.25) is 14.6 Å². The monoisotopic (exact) mass is 362 g/mol. The van der Waals surface area contributed by atoms with Crippen molar-refractivity contribution in [3.63, 3.8) is 0 Å². The van der Waals surface area contributed by atoms with Gasteiger partial charge in [0.1, 0.15) is 0 Å². The molecule has 0 saturated heterocycles. The molecular formula is C21H22N4O2. The van der Waals surface area contributed by atoms with Gasteiger partial charge in [-0.15, -0.1) is 0 Å². The first-order valence-electron chi connectivity index (χ1n) is 9.25. The summed E-state index contributed by atoms with van der Waals surface area (Å²) in [5, 5.41) is 3.75. The number of hydrogen-bond donors (Lipinski definition) is 2. The third-order valence-electron chi connectivity index (χ3n) is 4.84. The minimum atomic E-state index is -0.162. The van der Waals surface area contributed by atoms with Gasteiger partial charge in [-0.2, -0.15) is 0 Å². The lowest BCUT2D eigenvalue weighted by atomic mass is 10.1. The fourth-order valence-corrected chi connectivity index (χ4v) is 3.28. The molecule has 4 rings (SSSR count). The predicted octanol–water partition coefficient (Wildman–Crippen LogP) is 2.87. The number of nitrogens with one attached hydrogen (secondary N) is 2. The average Bonchev–Trinajstić information content (AvgIpc) is 3.44. The van der Waals surface area contributed by atoms with Crippen molar-refractivity contribution in [2.45, 2.75) is 31.8 Å². The van der Waals surface area contributed by atoms with Crippen molar-refractivity contribution in [3.8, 4) is 0 Å². The van der Waals surface area contributed by atoms with Gasteiger partial charge in [0, 0.05) is 55.0 Å². The topological polar surface area (TPSA) is 78.1 Å². The Labute approximate surface area is 157 Å². The van der Waals surface area contributed by atoms with Crippen LogP contribution in [0.2, 0.25) is 0 Å². The minimum absolute atomic E-state index is 0.0700. The fourth-order valence-electron chi connectivity index (χ4n) is 3.28. The normalized spacial score (nSPS) is 13.5. The SMILES string of the molecule is O=C(NCCC(=O)N(Cc1cccnc1)C1CC1)c1c[nH]c2ccccc12. The number of para-hydroxylation sites is 1. The zero-order valence-electron chi connectivity index (χ0n) is 15.0. The molecule has 2 aromatic heterocycles. The predicted molar refractivity (Wildman–Crippen MR) is 103 cm³/mol. The highest BCUT2D eigenvalue weighted by Gasteiger charge is 2.32. The van der Waals surface area contributed by atoms with E-state index in [4.69, 9.17) is 0 Å². The highest BCUT2D eigenvalue weighted by atomic mass is 16.2. The van der Waals surface area contributed by atoms with Gasteiger partial charge in [-0.05, 0) is 30.5 Å². The number of pyridine rings is 1. The molecule has 0 spiro atoms. The molecule has 0 aliphatic heterocycles. The van der Waals surface area contributed by atoms with Gasteiger partial charge >= 0.3 is 0 Å². The van der Waals surface area contributed by atoms with Crippen LogP contribution in [-0.2, 0) is 11.3 Å². The number of amides is 2. The van der Waals surface area contributed by atoms with E-state index >= 15 is 0 Å². The second-order valence-corrected chi connectivity index (χ2v) is 6.87. The third-order valence-corrected chi connectivity index (χ3v) is 4.84. The van der Waals surface area contributed by atoms with Gasteiger partial charge in [-0.1, -0.05) is 24.3 Å². The first kappa shape index (κ1) is 17.3. The molecule has 1 aliphatic carbocycles. The first-order valence-corrected chi connectivity index (χ1v) is 9.25. The Morgan fingerprint density at radius 2 is 2.04 bits per heavy atom. The van der Waals surface area contributed by atoms with Crippen molar-refractivity contribution in [2.24, 2.45) is 0 Å². The number of hydrogen-bond acceptors (Lipinski definition) is 3. The van der Waals surface area contributed by atoms with E-state index in [1.807, 2.05) is 41.3 Å². The summed E-state index contributed by atoms with van der Waals surface area (Å²) < 4.78 is 0. The second-order valence-electron chi connectivity index (χ2n) is 6.87. The number of rotatable bonds is 7. The van der Waals surface area contributed by atoms with E-state index in [0.29, 0.717) is 31.1 Å². The molecule has 2 heterocycles. The molecule has 27 heavy (non-hydrogen) atoms. The van der Waals surface area contributed by atoms with Gasteiger partial charge in [0.2, 0.25) is 5.91 Å². The third kappa shape index (κ3) is 4.00. The van der Waals surface area contributed by atoms with E-state index in [1.165, 1.54) is 0 Å². The summed E-state index contributed by atoms with van der Waals surface area (Å²) in [6.45, 7) is 0.904. The van der Waals surface area contributed by atoms with Crippen molar-refractivity contribution < 1.29 is 9.59 Å². The van der Waals surface area contributed by atoms with Crippen LogP contribution in [-0.4, -0.2) is 39.3 Å². The van der Waals surface area contributed by atoms with Crippen LogP contribution in [0.4, 0.5) is 0 Å². The molecule has 138 valence electrons. The standard InChI is InChI=1S/C21H22N4O2/c26-20(25(16-7-8-16)14-15-4-3-10-22-12-15)9-11-23-21(27)18-13-24-19-6-2-1-5-17(18)19/h1-6,10,12-13,16,24H,7-9,11,14H2,(H,23,27). The molecule has 3 aromatic rings. The summed E-state index contributed by atoms with van der Waals surface area (Å²) in [5.74, 6) is -0.0916. The fraction of sp³-hybridized carbons (Fsp3) is 0.286. The smallest absolute Gasteiger partial charge is 0.253 e. The minimum Gasteiger partial charge on any atom is -0.360 e. The van der Waals surface area contributed by atoms with E-state index in [9.17, 15) is 9.59 Å². The number of benzene rings is 1. The van der Waals surface area contributed by atoms with Crippen LogP contribution in [0.1, 0.15) is 35.2 Å². The molecule has 1 aliphatic rings. The van der Waals surface area contributed by atoms with Gasteiger partial charge in [0.25, 0.3) is 5.91 Å². The molecule has 2 N–H and O–H groups in total. The maximum absolute atomic E-state index is 12.7. The number of aromatic amines is 1. The Balaban J connectivity index is 1.33. The second kappa shape index (κ2) is 7.61. The zero-order chi connectivity index (χ0) is 18.6. The molecule has 1 fully saturated rings. The van der Waals surface area contributed by atoms with Crippen LogP contribution >= 0.6 is 0 Å². The molecule has 0 atom stereocenters. The number of carbonyl (C=O) groups excluding carboxylic acids is 2. The van der Waals surface area contributed by atoms with Gasteiger partial charge < -0.3 is 15.2 Å². The highest BCUT2D eigenvalue weighted by Crippen LogP contribution is 2.28. The molecule has 0 radical (unpaired) electrons. The van der Waals surface area contributed by atoms with Crippen LogP contribution in [0.3, 0.4) is 0 Å². The van der Waals surface area contributed by atoms with Gasteiger partial charge in [0.15, 0.2) is 0 Å². The van der Waals surface area contributed by atoms with Crippen molar-refractivity contribution >= 4 is 22.7 Å². The average molecular weight is 362 g/mol. The Hall–Kier alpha value is -3.15. The summed E-state index contributed by atoms with van der Waals surface area (Å²) in [6.07, 6.45) is 7.63. The van der Waals surface area contributed by atoms with Crippen molar-refractivity contribution in [3.05, 3.63) is 66.1 Å². The molecular weight excluding hydrogens is 340 g/mol. The quantitative estimate of drug-likeness (QED) is 0.678. The van der Waals surface area contributed by atoms with Crippen molar-refractivity contribution in [2.75, 3.05) is 6.54 Å². The van der Waals surface area contributed by atoms with Crippen LogP contribution in [0, 0.1) is 0 Å². The molecule has 6 nitrogen and oxygen atoms in total. The number of carbonyl (C=O) groups is 2. The maximum Gasteiger partial charge on any atom is 0.253 e.